The van der Waals surface area contributed by atoms with Crippen LogP contribution in [0, 0.1) is 0 Å². The predicted octanol–water partition coefficient (Wildman–Crippen LogP) is 2.27. The zero-order valence-electron chi connectivity index (χ0n) is 11.3. The molecule has 1 amide bonds. The van der Waals surface area contributed by atoms with Gasteiger partial charge in [-0.3, -0.25) is 0 Å². The summed E-state index contributed by atoms with van der Waals surface area (Å²) in [7, 11) is 0. The first kappa shape index (κ1) is 12.7. The van der Waals surface area contributed by atoms with Crippen LogP contribution in [0.4, 0.5) is 4.79 Å². The summed E-state index contributed by atoms with van der Waals surface area (Å²) >= 11 is 0. The van der Waals surface area contributed by atoms with Crippen molar-refractivity contribution < 1.29 is 9.53 Å². The third-order valence-electron chi connectivity index (χ3n) is 3.63. The lowest BCUT2D eigenvalue weighted by molar-refractivity contribution is 0.000810. The zero-order valence-corrected chi connectivity index (χ0v) is 11.3. The smallest absolute Gasteiger partial charge is 0.410 e. The van der Waals surface area contributed by atoms with E-state index in [0.717, 1.165) is 25.7 Å². The van der Waals surface area contributed by atoms with Gasteiger partial charge in [0.15, 0.2) is 0 Å². The molecule has 2 heterocycles. The highest BCUT2D eigenvalue weighted by Gasteiger charge is 2.47. The maximum atomic E-state index is 12.1. The van der Waals surface area contributed by atoms with E-state index in [0.29, 0.717) is 0 Å². The van der Waals surface area contributed by atoms with Gasteiger partial charge in [-0.1, -0.05) is 0 Å². The normalized spacial score (nSPS) is 37.1. The maximum Gasteiger partial charge on any atom is 0.410 e. The second-order valence-corrected chi connectivity index (χ2v) is 6.83. The van der Waals surface area contributed by atoms with E-state index in [-0.39, 0.29) is 23.7 Å². The highest BCUT2D eigenvalue weighted by Crippen LogP contribution is 2.40. The van der Waals surface area contributed by atoms with Gasteiger partial charge >= 0.3 is 6.09 Å². The first-order chi connectivity index (χ1) is 7.68. The lowest BCUT2D eigenvalue weighted by atomic mass is 9.86. The van der Waals surface area contributed by atoms with Crippen LogP contribution in [0.2, 0.25) is 0 Å². The minimum absolute atomic E-state index is 0.121. The number of hydrogen-bond acceptors (Lipinski definition) is 3. The second kappa shape index (κ2) is 3.87. The zero-order chi connectivity index (χ0) is 12.8. The van der Waals surface area contributed by atoms with E-state index in [2.05, 4.69) is 6.92 Å². The molecular formula is C13H24N2O2. The average Bonchev–Trinajstić information content (AvgIpc) is 2.35. The Morgan fingerprint density at radius 2 is 1.76 bits per heavy atom. The summed E-state index contributed by atoms with van der Waals surface area (Å²) in [5, 5.41) is 0. The van der Waals surface area contributed by atoms with Crippen LogP contribution in [0.3, 0.4) is 0 Å². The second-order valence-electron chi connectivity index (χ2n) is 6.83. The van der Waals surface area contributed by atoms with Gasteiger partial charge in [0.05, 0.1) is 0 Å². The fourth-order valence-electron chi connectivity index (χ4n) is 3.13. The van der Waals surface area contributed by atoms with Crippen molar-refractivity contribution in [2.24, 2.45) is 5.73 Å². The molecule has 98 valence electrons. The van der Waals surface area contributed by atoms with Crippen LogP contribution in [-0.2, 0) is 4.74 Å². The molecule has 2 rings (SSSR count). The molecule has 4 nitrogen and oxygen atoms in total. The summed E-state index contributed by atoms with van der Waals surface area (Å²) in [6.07, 6.45) is 3.75. The Kier molecular flexibility index (Phi) is 2.89. The largest absolute Gasteiger partial charge is 0.444 e. The van der Waals surface area contributed by atoms with Crippen LogP contribution in [0.5, 0.6) is 0 Å². The Morgan fingerprint density at radius 1 is 1.29 bits per heavy atom. The van der Waals surface area contributed by atoms with Crippen LogP contribution in [-0.4, -0.2) is 34.2 Å². The molecule has 0 saturated carbocycles. The molecule has 4 heteroatoms. The predicted molar refractivity (Wildman–Crippen MR) is 66.7 cm³/mol. The molecule has 2 bridgehead atoms. The van der Waals surface area contributed by atoms with Crippen LogP contribution in [0.15, 0.2) is 0 Å². The van der Waals surface area contributed by atoms with Gasteiger partial charge in [-0.2, -0.15) is 0 Å². The first-order valence-corrected chi connectivity index (χ1v) is 6.48. The maximum absolute atomic E-state index is 12.1. The molecule has 2 fully saturated rings. The highest BCUT2D eigenvalue weighted by molar-refractivity contribution is 5.69. The third kappa shape index (κ3) is 2.73. The van der Waals surface area contributed by atoms with E-state index in [1.165, 1.54) is 0 Å². The molecule has 2 saturated heterocycles. The van der Waals surface area contributed by atoms with Crippen LogP contribution >= 0.6 is 0 Å². The number of carbonyl (C=O) groups excluding carboxylic acids is 1. The van der Waals surface area contributed by atoms with Gasteiger partial charge in [-0.25, -0.2) is 4.79 Å². The summed E-state index contributed by atoms with van der Waals surface area (Å²) in [6.45, 7) is 7.81. The Hall–Kier alpha value is -0.770. The van der Waals surface area contributed by atoms with Crippen molar-refractivity contribution in [3.05, 3.63) is 0 Å². The molecule has 1 unspecified atom stereocenters. The van der Waals surface area contributed by atoms with E-state index in [9.17, 15) is 4.79 Å². The van der Waals surface area contributed by atoms with Crippen LogP contribution in [0.25, 0.3) is 0 Å². The number of ether oxygens (including phenoxy) is 1. The molecule has 0 radical (unpaired) electrons. The minimum atomic E-state index is -0.417. The van der Waals surface area contributed by atoms with Gasteiger partial charge in [0.1, 0.15) is 5.60 Å². The van der Waals surface area contributed by atoms with E-state index in [4.69, 9.17) is 10.5 Å². The molecule has 2 aliphatic heterocycles. The van der Waals surface area contributed by atoms with Gasteiger partial charge in [-0.15, -0.1) is 0 Å². The fourth-order valence-corrected chi connectivity index (χ4v) is 3.13. The average molecular weight is 240 g/mol. The standard InChI is InChI=1S/C13H24N2O2/c1-12(2,3)17-11(16)15-9-5-6-10(15)8-13(4,14)7-9/h9-10H,5-8,14H2,1-4H3/t9-,10+,13?. The number of rotatable bonds is 0. The monoisotopic (exact) mass is 240 g/mol. The number of carbonyl (C=O) groups is 1. The Balaban J connectivity index is 2.07. The highest BCUT2D eigenvalue weighted by atomic mass is 16.6. The summed E-state index contributed by atoms with van der Waals surface area (Å²) in [4.78, 5) is 14.1. The van der Waals surface area contributed by atoms with E-state index in [1.54, 1.807) is 0 Å². The quantitative estimate of drug-likeness (QED) is 0.706. The van der Waals surface area contributed by atoms with Crippen molar-refractivity contribution in [3.63, 3.8) is 0 Å². The third-order valence-corrected chi connectivity index (χ3v) is 3.63. The summed E-state index contributed by atoms with van der Waals surface area (Å²) in [5.41, 5.74) is 5.67. The summed E-state index contributed by atoms with van der Waals surface area (Å²) in [6, 6.07) is 0.553. The molecule has 17 heavy (non-hydrogen) atoms. The molecular weight excluding hydrogens is 216 g/mol. The number of piperidine rings is 1. The lowest BCUT2D eigenvalue weighted by Gasteiger charge is -2.43. The lowest BCUT2D eigenvalue weighted by Crippen LogP contribution is -2.56. The van der Waals surface area contributed by atoms with Crippen molar-refractivity contribution in [2.75, 3.05) is 0 Å². The minimum Gasteiger partial charge on any atom is -0.444 e. The molecule has 3 atom stereocenters. The number of nitrogens with zero attached hydrogens (tertiary/aromatic N) is 1. The molecule has 0 spiro atoms. The number of hydrogen-bond donors (Lipinski definition) is 1. The number of nitrogens with two attached hydrogens (primary N) is 1. The van der Waals surface area contributed by atoms with Crippen molar-refractivity contribution in [3.8, 4) is 0 Å². The van der Waals surface area contributed by atoms with Gasteiger partial charge < -0.3 is 15.4 Å². The Bertz CT molecular complexity index is 304. The molecule has 2 aliphatic rings. The fraction of sp³-hybridized carbons (Fsp3) is 0.923. The Labute approximate surface area is 103 Å². The molecule has 0 aromatic heterocycles. The van der Waals surface area contributed by atoms with Crippen LogP contribution < -0.4 is 5.73 Å². The first-order valence-electron chi connectivity index (χ1n) is 6.48. The number of fused-ring (bicyclic) bond motifs is 2. The molecule has 2 N–H and O–H groups in total. The van der Waals surface area contributed by atoms with Crippen molar-refractivity contribution in [2.45, 2.75) is 76.6 Å². The molecule has 0 aliphatic carbocycles. The van der Waals surface area contributed by atoms with E-state index in [1.807, 2.05) is 25.7 Å². The van der Waals surface area contributed by atoms with Crippen molar-refractivity contribution in [1.29, 1.82) is 0 Å². The Morgan fingerprint density at radius 3 is 2.18 bits per heavy atom. The number of amides is 1. The summed E-state index contributed by atoms with van der Waals surface area (Å²) < 4.78 is 5.47. The van der Waals surface area contributed by atoms with Gasteiger partial charge in [0.25, 0.3) is 0 Å². The topological polar surface area (TPSA) is 55.6 Å². The van der Waals surface area contributed by atoms with Crippen molar-refractivity contribution >= 4 is 6.09 Å². The van der Waals surface area contributed by atoms with Crippen LogP contribution in [0.1, 0.15) is 53.4 Å². The van der Waals surface area contributed by atoms with Gasteiger partial charge in [-0.05, 0) is 53.4 Å². The molecule has 0 aromatic rings. The summed E-state index contributed by atoms with van der Waals surface area (Å²) in [5.74, 6) is 0. The van der Waals surface area contributed by atoms with Gasteiger partial charge in [0.2, 0.25) is 0 Å². The van der Waals surface area contributed by atoms with E-state index >= 15 is 0 Å². The SMILES string of the molecule is CC1(N)C[C@H]2CC[C@@H](C1)N2C(=O)OC(C)(C)C. The van der Waals surface area contributed by atoms with Gasteiger partial charge in [0, 0.05) is 17.6 Å². The molecule has 0 aromatic carbocycles. The van der Waals surface area contributed by atoms with E-state index < -0.39 is 5.60 Å². The van der Waals surface area contributed by atoms with Crippen molar-refractivity contribution in [1.82, 2.24) is 4.90 Å².